The summed E-state index contributed by atoms with van der Waals surface area (Å²) < 4.78 is 0.745. The fourth-order valence-electron chi connectivity index (χ4n) is 2.82. The van der Waals surface area contributed by atoms with Crippen LogP contribution in [0.15, 0.2) is 24.8 Å². The van der Waals surface area contributed by atoms with Gasteiger partial charge in [-0.05, 0) is 31.9 Å². The van der Waals surface area contributed by atoms with Crippen molar-refractivity contribution in [3.05, 3.63) is 34.0 Å². The molecule has 2 rings (SSSR count). The summed E-state index contributed by atoms with van der Waals surface area (Å²) in [7, 11) is 0. The predicted molar refractivity (Wildman–Crippen MR) is 84.9 cm³/mol. The number of hydrogen-bond donors (Lipinski definition) is 1. The molecule has 20 heavy (non-hydrogen) atoms. The SMILES string of the molecule is C=CCN(Cc1ccc(Cl)s1)C(=O)C1(C)CCCC1N. The Morgan fingerprint density at radius 1 is 1.70 bits per heavy atom. The van der Waals surface area contributed by atoms with E-state index in [0.717, 1.165) is 28.5 Å². The van der Waals surface area contributed by atoms with Crippen LogP contribution >= 0.6 is 22.9 Å². The van der Waals surface area contributed by atoms with E-state index in [1.807, 2.05) is 24.0 Å². The van der Waals surface area contributed by atoms with Crippen LogP contribution in [0.4, 0.5) is 0 Å². The summed E-state index contributed by atoms with van der Waals surface area (Å²) in [5.41, 5.74) is 5.71. The van der Waals surface area contributed by atoms with Crippen LogP contribution in [-0.4, -0.2) is 23.4 Å². The fraction of sp³-hybridized carbons (Fsp3) is 0.533. The molecule has 2 atom stereocenters. The number of nitrogens with zero attached hydrogens (tertiary/aromatic N) is 1. The molecule has 2 unspecified atom stereocenters. The molecule has 2 N–H and O–H groups in total. The van der Waals surface area contributed by atoms with Crippen LogP contribution < -0.4 is 5.73 Å². The normalized spacial score (nSPS) is 25.6. The van der Waals surface area contributed by atoms with E-state index in [9.17, 15) is 4.79 Å². The maximum atomic E-state index is 12.8. The Labute approximate surface area is 129 Å². The van der Waals surface area contributed by atoms with Gasteiger partial charge in [0.05, 0.1) is 16.3 Å². The van der Waals surface area contributed by atoms with Crippen molar-refractivity contribution in [2.24, 2.45) is 11.1 Å². The van der Waals surface area contributed by atoms with Crippen LogP contribution in [0.2, 0.25) is 4.34 Å². The Bertz CT molecular complexity index is 502. The predicted octanol–water partition coefficient (Wildman–Crippen LogP) is 3.43. The first-order valence-corrected chi connectivity index (χ1v) is 8.07. The summed E-state index contributed by atoms with van der Waals surface area (Å²) >= 11 is 7.46. The lowest BCUT2D eigenvalue weighted by atomic mass is 9.83. The molecule has 1 aromatic heterocycles. The van der Waals surface area contributed by atoms with Gasteiger partial charge in [-0.25, -0.2) is 0 Å². The Hall–Kier alpha value is -0.840. The highest BCUT2D eigenvalue weighted by molar-refractivity contribution is 7.16. The molecule has 1 aromatic rings. The Kier molecular flexibility index (Phi) is 4.89. The van der Waals surface area contributed by atoms with Crippen LogP contribution in [0.5, 0.6) is 0 Å². The van der Waals surface area contributed by atoms with E-state index in [-0.39, 0.29) is 11.9 Å². The second kappa shape index (κ2) is 6.29. The molecule has 0 radical (unpaired) electrons. The first-order valence-electron chi connectivity index (χ1n) is 6.87. The Balaban J connectivity index is 2.15. The average molecular weight is 313 g/mol. The zero-order chi connectivity index (χ0) is 14.8. The van der Waals surface area contributed by atoms with E-state index in [0.29, 0.717) is 13.1 Å². The smallest absolute Gasteiger partial charge is 0.230 e. The maximum Gasteiger partial charge on any atom is 0.230 e. The molecule has 3 nitrogen and oxygen atoms in total. The second-order valence-corrected chi connectivity index (χ2v) is 7.40. The van der Waals surface area contributed by atoms with Crippen LogP contribution in [0.1, 0.15) is 31.1 Å². The first-order chi connectivity index (χ1) is 9.47. The zero-order valence-corrected chi connectivity index (χ0v) is 13.3. The highest BCUT2D eigenvalue weighted by atomic mass is 35.5. The molecule has 5 heteroatoms. The Morgan fingerprint density at radius 3 is 2.95 bits per heavy atom. The average Bonchev–Trinajstić information content (AvgIpc) is 2.96. The van der Waals surface area contributed by atoms with Gasteiger partial charge in [0, 0.05) is 17.5 Å². The minimum atomic E-state index is -0.440. The van der Waals surface area contributed by atoms with Crippen molar-refractivity contribution in [1.82, 2.24) is 4.90 Å². The second-order valence-electron chi connectivity index (χ2n) is 5.60. The standard InChI is InChI=1S/C15H21ClN2OS/c1-3-9-18(10-11-6-7-13(16)20-11)14(19)15(2)8-4-5-12(15)17/h3,6-7,12H,1,4-5,8-10,17H2,2H3. The van der Waals surface area contributed by atoms with E-state index in [1.165, 1.54) is 11.3 Å². The fourth-order valence-corrected chi connectivity index (χ4v) is 3.92. The molecular formula is C15H21ClN2OS. The van der Waals surface area contributed by atoms with E-state index in [2.05, 4.69) is 6.58 Å². The number of halogens is 1. The highest BCUT2D eigenvalue weighted by Crippen LogP contribution is 2.39. The van der Waals surface area contributed by atoms with Crippen molar-refractivity contribution in [2.75, 3.05) is 6.54 Å². The molecular weight excluding hydrogens is 292 g/mol. The first kappa shape index (κ1) is 15.5. The van der Waals surface area contributed by atoms with Crippen molar-refractivity contribution in [2.45, 2.75) is 38.8 Å². The molecule has 1 amide bonds. The molecule has 0 aromatic carbocycles. The summed E-state index contributed by atoms with van der Waals surface area (Å²) in [5.74, 6) is 0.131. The van der Waals surface area contributed by atoms with E-state index < -0.39 is 5.41 Å². The summed E-state index contributed by atoms with van der Waals surface area (Å²) in [6.45, 7) is 6.85. The lowest BCUT2D eigenvalue weighted by Crippen LogP contribution is -2.49. The highest BCUT2D eigenvalue weighted by Gasteiger charge is 2.44. The largest absolute Gasteiger partial charge is 0.333 e. The van der Waals surface area contributed by atoms with Gasteiger partial charge in [0.15, 0.2) is 0 Å². The topological polar surface area (TPSA) is 46.3 Å². The third-order valence-electron chi connectivity index (χ3n) is 4.13. The number of rotatable bonds is 5. The van der Waals surface area contributed by atoms with Crippen molar-refractivity contribution in [1.29, 1.82) is 0 Å². The lowest BCUT2D eigenvalue weighted by Gasteiger charge is -2.34. The van der Waals surface area contributed by atoms with Gasteiger partial charge in [-0.2, -0.15) is 0 Å². The summed E-state index contributed by atoms with van der Waals surface area (Å²) in [5, 5.41) is 0. The van der Waals surface area contributed by atoms with Crippen LogP contribution in [0, 0.1) is 5.41 Å². The zero-order valence-electron chi connectivity index (χ0n) is 11.8. The number of thiophene rings is 1. The molecule has 1 heterocycles. The van der Waals surface area contributed by atoms with Crippen LogP contribution in [-0.2, 0) is 11.3 Å². The van der Waals surface area contributed by atoms with Crippen molar-refractivity contribution in [3.63, 3.8) is 0 Å². The summed E-state index contributed by atoms with van der Waals surface area (Å²) in [6.07, 6.45) is 4.58. The van der Waals surface area contributed by atoms with Gasteiger partial charge in [0.25, 0.3) is 0 Å². The van der Waals surface area contributed by atoms with Gasteiger partial charge in [-0.1, -0.05) is 24.1 Å². The van der Waals surface area contributed by atoms with Gasteiger partial charge in [0.1, 0.15) is 0 Å². The van der Waals surface area contributed by atoms with Gasteiger partial charge in [-0.3, -0.25) is 4.79 Å². The van der Waals surface area contributed by atoms with Gasteiger partial charge in [-0.15, -0.1) is 17.9 Å². The quantitative estimate of drug-likeness (QED) is 0.847. The lowest BCUT2D eigenvalue weighted by molar-refractivity contribution is -0.141. The minimum absolute atomic E-state index is 0.0470. The molecule has 0 aliphatic heterocycles. The van der Waals surface area contributed by atoms with Crippen LogP contribution in [0.25, 0.3) is 0 Å². The van der Waals surface area contributed by atoms with Gasteiger partial charge < -0.3 is 10.6 Å². The Morgan fingerprint density at radius 2 is 2.45 bits per heavy atom. The maximum absolute atomic E-state index is 12.8. The molecule has 1 saturated carbocycles. The minimum Gasteiger partial charge on any atom is -0.333 e. The summed E-state index contributed by atoms with van der Waals surface area (Å²) in [4.78, 5) is 15.8. The molecule has 0 bridgehead atoms. The van der Waals surface area contributed by atoms with E-state index >= 15 is 0 Å². The van der Waals surface area contributed by atoms with E-state index in [1.54, 1.807) is 6.08 Å². The third kappa shape index (κ3) is 3.08. The number of carbonyl (C=O) groups is 1. The molecule has 1 aliphatic rings. The third-order valence-corrected chi connectivity index (χ3v) is 5.35. The summed E-state index contributed by atoms with van der Waals surface area (Å²) in [6, 6.07) is 3.78. The monoisotopic (exact) mass is 312 g/mol. The van der Waals surface area contributed by atoms with Crippen molar-refractivity contribution < 1.29 is 4.79 Å². The number of nitrogens with two attached hydrogens (primary N) is 1. The molecule has 0 spiro atoms. The van der Waals surface area contributed by atoms with E-state index in [4.69, 9.17) is 17.3 Å². The van der Waals surface area contributed by atoms with Gasteiger partial charge >= 0.3 is 0 Å². The molecule has 1 aliphatic carbocycles. The molecule has 110 valence electrons. The van der Waals surface area contributed by atoms with Crippen molar-refractivity contribution in [3.8, 4) is 0 Å². The molecule has 1 fully saturated rings. The van der Waals surface area contributed by atoms with Gasteiger partial charge in [0.2, 0.25) is 5.91 Å². The number of carbonyl (C=O) groups excluding carboxylic acids is 1. The number of amides is 1. The van der Waals surface area contributed by atoms with Crippen LogP contribution in [0.3, 0.4) is 0 Å². The number of hydrogen-bond acceptors (Lipinski definition) is 3. The molecule has 0 saturated heterocycles. The van der Waals surface area contributed by atoms with Crippen molar-refractivity contribution >= 4 is 28.8 Å².